The minimum atomic E-state index is -0.0570. The van der Waals surface area contributed by atoms with Gasteiger partial charge < -0.3 is 10.0 Å². The second-order valence-corrected chi connectivity index (χ2v) is 5.03. The molecule has 0 radical (unpaired) electrons. The average molecular weight is 279 g/mol. The van der Waals surface area contributed by atoms with E-state index < -0.39 is 0 Å². The van der Waals surface area contributed by atoms with E-state index in [9.17, 15) is 5.11 Å². The first-order valence-corrected chi connectivity index (χ1v) is 6.87. The van der Waals surface area contributed by atoms with Crippen LogP contribution in [0.1, 0.15) is 11.3 Å². The van der Waals surface area contributed by atoms with Gasteiger partial charge in [-0.05, 0) is 23.1 Å². The van der Waals surface area contributed by atoms with Crippen LogP contribution in [0.15, 0.2) is 54.9 Å². The van der Waals surface area contributed by atoms with Crippen LogP contribution in [0.3, 0.4) is 0 Å². The molecule has 1 aromatic carbocycles. The van der Waals surface area contributed by atoms with Crippen molar-refractivity contribution in [2.24, 2.45) is 0 Å². The number of aliphatic hydroxyl groups excluding tert-OH is 1. The first-order chi connectivity index (χ1) is 10.3. The molecule has 2 heterocycles. The molecule has 21 heavy (non-hydrogen) atoms. The molecule has 2 aromatic heterocycles. The van der Waals surface area contributed by atoms with Crippen LogP contribution >= 0.6 is 0 Å². The molecule has 0 fully saturated rings. The molecule has 4 heteroatoms. The number of anilines is 1. The van der Waals surface area contributed by atoms with E-state index in [1.807, 2.05) is 49.6 Å². The summed E-state index contributed by atoms with van der Waals surface area (Å²) in [4.78, 5) is 10.8. The summed E-state index contributed by atoms with van der Waals surface area (Å²) in [5, 5.41) is 11.6. The van der Waals surface area contributed by atoms with Crippen molar-refractivity contribution in [3.05, 3.63) is 66.1 Å². The number of fused-ring (bicyclic) bond motifs is 1. The quantitative estimate of drug-likeness (QED) is 0.798. The summed E-state index contributed by atoms with van der Waals surface area (Å²) in [5.74, 6) is 0.876. The van der Waals surface area contributed by atoms with Crippen LogP contribution in [0.25, 0.3) is 10.8 Å². The molecule has 0 bridgehead atoms. The van der Waals surface area contributed by atoms with E-state index in [2.05, 4.69) is 20.9 Å². The molecular formula is C17H17N3O. The van der Waals surface area contributed by atoms with Crippen LogP contribution in [0.2, 0.25) is 0 Å². The van der Waals surface area contributed by atoms with Gasteiger partial charge in [-0.3, -0.25) is 4.98 Å². The van der Waals surface area contributed by atoms with E-state index in [0.29, 0.717) is 5.69 Å². The predicted molar refractivity (Wildman–Crippen MR) is 84.0 cm³/mol. The largest absolute Gasteiger partial charge is 0.390 e. The summed E-state index contributed by atoms with van der Waals surface area (Å²) in [6.45, 7) is 0.665. The lowest BCUT2D eigenvalue weighted by Gasteiger charge is -2.20. The number of aliphatic hydroxyl groups is 1. The Hall–Kier alpha value is -2.46. The van der Waals surface area contributed by atoms with Gasteiger partial charge in [0.1, 0.15) is 5.82 Å². The van der Waals surface area contributed by atoms with Gasteiger partial charge in [0, 0.05) is 31.4 Å². The summed E-state index contributed by atoms with van der Waals surface area (Å²) in [5.41, 5.74) is 1.81. The van der Waals surface area contributed by atoms with Crippen molar-refractivity contribution in [3.63, 3.8) is 0 Å². The molecule has 106 valence electrons. The summed E-state index contributed by atoms with van der Waals surface area (Å²) < 4.78 is 0. The van der Waals surface area contributed by atoms with E-state index in [-0.39, 0.29) is 6.61 Å². The highest BCUT2D eigenvalue weighted by Crippen LogP contribution is 2.26. The lowest BCUT2D eigenvalue weighted by molar-refractivity contribution is 0.277. The maximum atomic E-state index is 9.40. The van der Waals surface area contributed by atoms with E-state index in [1.165, 1.54) is 0 Å². The zero-order valence-electron chi connectivity index (χ0n) is 11.9. The van der Waals surface area contributed by atoms with E-state index >= 15 is 0 Å². The van der Waals surface area contributed by atoms with Crippen LogP contribution in [0, 0.1) is 0 Å². The summed E-state index contributed by atoms with van der Waals surface area (Å²) in [6, 6.07) is 14.0. The average Bonchev–Trinajstić information content (AvgIpc) is 2.54. The molecule has 0 spiro atoms. The topological polar surface area (TPSA) is 49.2 Å². The van der Waals surface area contributed by atoms with Crippen LogP contribution < -0.4 is 4.90 Å². The highest BCUT2D eigenvalue weighted by Gasteiger charge is 2.10. The van der Waals surface area contributed by atoms with Gasteiger partial charge in [0.05, 0.1) is 12.3 Å². The van der Waals surface area contributed by atoms with Crippen molar-refractivity contribution < 1.29 is 5.11 Å². The molecule has 0 saturated heterocycles. The first-order valence-electron chi connectivity index (χ1n) is 6.87. The molecular weight excluding hydrogens is 262 g/mol. The minimum absolute atomic E-state index is 0.0570. The smallest absolute Gasteiger partial charge is 0.136 e. The number of pyridine rings is 2. The van der Waals surface area contributed by atoms with Crippen LogP contribution in [-0.4, -0.2) is 22.1 Å². The molecule has 3 aromatic rings. The third-order valence-corrected chi connectivity index (χ3v) is 3.44. The molecule has 0 amide bonds. The fourth-order valence-corrected chi connectivity index (χ4v) is 2.45. The standard InChI is InChI=1S/C17H17N3O/c1-20(11-13-5-4-8-18-10-13)17-16-7-3-2-6-14(16)9-15(12-21)19-17/h2-10,21H,11-12H2,1H3. The fourth-order valence-electron chi connectivity index (χ4n) is 2.45. The molecule has 0 unspecified atom stereocenters. The molecule has 0 aliphatic rings. The van der Waals surface area contributed by atoms with E-state index in [1.54, 1.807) is 6.20 Å². The Kier molecular flexibility index (Phi) is 3.79. The Labute approximate surface area is 123 Å². The van der Waals surface area contributed by atoms with E-state index in [4.69, 9.17) is 0 Å². The molecule has 0 atom stereocenters. The van der Waals surface area contributed by atoms with Gasteiger partial charge in [0.25, 0.3) is 0 Å². The number of aromatic nitrogens is 2. The number of nitrogens with zero attached hydrogens (tertiary/aromatic N) is 3. The number of hydrogen-bond donors (Lipinski definition) is 1. The van der Waals surface area contributed by atoms with Crippen LogP contribution in [0.4, 0.5) is 5.82 Å². The van der Waals surface area contributed by atoms with Crippen LogP contribution in [0.5, 0.6) is 0 Å². The zero-order chi connectivity index (χ0) is 14.7. The minimum Gasteiger partial charge on any atom is -0.390 e. The van der Waals surface area contributed by atoms with Crippen LogP contribution in [-0.2, 0) is 13.2 Å². The normalized spacial score (nSPS) is 10.8. The molecule has 0 aliphatic heterocycles. The molecule has 1 N–H and O–H groups in total. The molecule has 0 saturated carbocycles. The van der Waals surface area contributed by atoms with Crippen molar-refractivity contribution in [1.29, 1.82) is 0 Å². The van der Waals surface area contributed by atoms with Gasteiger partial charge in [0.2, 0.25) is 0 Å². The van der Waals surface area contributed by atoms with Gasteiger partial charge in [-0.2, -0.15) is 0 Å². The number of rotatable bonds is 4. The Bertz CT molecular complexity index is 743. The van der Waals surface area contributed by atoms with Gasteiger partial charge in [-0.25, -0.2) is 4.98 Å². The number of hydrogen-bond acceptors (Lipinski definition) is 4. The maximum Gasteiger partial charge on any atom is 0.136 e. The Morgan fingerprint density at radius 2 is 2.00 bits per heavy atom. The number of benzene rings is 1. The van der Waals surface area contributed by atoms with Gasteiger partial charge in [-0.15, -0.1) is 0 Å². The predicted octanol–water partition coefficient (Wildman–Crippen LogP) is 2.76. The fraction of sp³-hybridized carbons (Fsp3) is 0.176. The summed E-state index contributed by atoms with van der Waals surface area (Å²) in [6.07, 6.45) is 3.62. The van der Waals surface area contributed by atoms with Gasteiger partial charge in [-0.1, -0.05) is 30.3 Å². The summed E-state index contributed by atoms with van der Waals surface area (Å²) >= 11 is 0. The zero-order valence-corrected chi connectivity index (χ0v) is 11.9. The molecule has 4 nitrogen and oxygen atoms in total. The monoisotopic (exact) mass is 279 g/mol. The van der Waals surface area contributed by atoms with E-state index in [0.717, 1.165) is 28.7 Å². The Morgan fingerprint density at radius 3 is 2.76 bits per heavy atom. The van der Waals surface area contributed by atoms with Crippen molar-refractivity contribution in [3.8, 4) is 0 Å². The summed E-state index contributed by atoms with van der Waals surface area (Å²) in [7, 11) is 2.00. The van der Waals surface area contributed by atoms with Crippen molar-refractivity contribution >= 4 is 16.6 Å². The second-order valence-electron chi connectivity index (χ2n) is 5.03. The lowest BCUT2D eigenvalue weighted by atomic mass is 10.1. The van der Waals surface area contributed by atoms with Gasteiger partial charge in [0.15, 0.2) is 0 Å². The SMILES string of the molecule is CN(Cc1cccnc1)c1nc(CO)cc2ccccc12. The third-order valence-electron chi connectivity index (χ3n) is 3.44. The highest BCUT2D eigenvalue weighted by molar-refractivity contribution is 5.92. The first kappa shape index (κ1) is 13.5. The van der Waals surface area contributed by atoms with Gasteiger partial charge >= 0.3 is 0 Å². The Morgan fingerprint density at radius 1 is 1.14 bits per heavy atom. The highest BCUT2D eigenvalue weighted by atomic mass is 16.3. The lowest BCUT2D eigenvalue weighted by Crippen LogP contribution is -2.18. The molecule has 0 aliphatic carbocycles. The second kappa shape index (κ2) is 5.89. The van der Waals surface area contributed by atoms with Crippen molar-refractivity contribution in [1.82, 2.24) is 9.97 Å². The third kappa shape index (κ3) is 2.85. The maximum absolute atomic E-state index is 9.40. The van der Waals surface area contributed by atoms with Crippen molar-refractivity contribution in [2.45, 2.75) is 13.2 Å². The Balaban J connectivity index is 2.02. The molecule has 3 rings (SSSR count). The van der Waals surface area contributed by atoms with Crippen molar-refractivity contribution in [2.75, 3.05) is 11.9 Å².